The zero-order valence-corrected chi connectivity index (χ0v) is 30.3. The fraction of sp³-hybridized carbons (Fsp3) is 0.186. The van der Waals surface area contributed by atoms with Crippen molar-refractivity contribution in [3.63, 3.8) is 0 Å². The van der Waals surface area contributed by atoms with Crippen LogP contribution < -0.4 is 18.9 Å². The second-order valence-electron chi connectivity index (χ2n) is 12.3. The highest BCUT2D eigenvalue weighted by atomic mass is 16.6. The van der Waals surface area contributed by atoms with E-state index < -0.39 is 29.8 Å². The average molecular weight is 733 g/mol. The zero-order chi connectivity index (χ0) is 39.2. The first-order valence-electron chi connectivity index (χ1n) is 16.8. The summed E-state index contributed by atoms with van der Waals surface area (Å²) in [5.41, 5.74) is 1.82. The third-order valence-electron chi connectivity index (χ3n) is 7.54. The summed E-state index contributed by atoms with van der Waals surface area (Å²) in [5, 5.41) is 1.83. The first-order chi connectivity index (χ1) is 25.8. The standard InChI is InChI=1S/C43H40O11/c1-27(2)40(45)50-25-31(26-51-41(46)28(3)4)21-22-49-38-15-12-33-23-30(7-9-34(33)24-38)8-20-39(44)52-35-16-18-37(19-17-35)54-43(48)32-10-13-36(14-11-32)53-42(47)29(5)6/h7-20,23-24,31H,1,3,5,21-22,25-26H2,2,4,6H3/b20-8+. The van der Waals surface area contributed by atoms with E-state index in [2.05, 4.69) is 19.7 Å². The highest BCUT2D eigenvalue weighted by molar-refractivity contribution is 5.93. The van der Waals surface area contributed by atoms with Crippen molar-refractivity contribution in [1.82, 2.24) is 0 Å². The summed E-state index contributed by atoms with van der Waals surface area (Å²) in [7, 11) is 0. The Balaban J connectivity index is 1.26. The zero-order valence-electron chi connectivity index (χ0n) is 30.3. The molecule has 278 valence electrons. The Labute approximate surface area is 313 Å². The van der Waals surface area contributed by atoms with Crippen LogP contribution in [-0.2, 0) is 28.7 Å². The van der Waals surface area contributed by atoms with Gasteiger partial charge in [-0.2, -0.15) is 0 Å². The molecular formula is C43H40O11. The summed E-state index contributed by atoms with van der Waals surface area (Å²) >= 11 is 0. The molecule has 0 saturated carbocycles. The predicted molar refractivity (Wildman–Crippen MR) is 202 cm³/mol. The topological polar surface area (TPSA) is 141 Å². The maximum Gasteiger partial charge on any atom is 0.343 e. The van der Waals surface area contributed by atoms with Crippen molar-refractivity contribution >= 4 is 46.7 Å². The first kappa shape index (κ1) is 40.0. The summed E-state index contributed by atoms with van der Waals surface area (Å²) in [4.78, 5) is 60.5. The van der Waals surface area contributed by atoms with E-state index in [4.69, 9.17) is 28.4 Å². The number of rotatable bonds is 17. The molecule has 0 spiro atoms. The van der Waals surface area contributed by atoms with Crippen molar-refractivity contribution in [2.75, 3.05) is 19.8 Å². The van der Waals surface area contributed by atoms with Crippen LogP contribution in [0.3, 0.4) is 0 Å². The minimum Gasteiger partial charge on any atom is -0.494 e. The van der Waals surface area contributed by atoms with E-state index in [-0.39, 0.29) is 65.3 Å². The number of carbonyl (C=O) groups is 5. The van der Waals surface area contributed by atoms with Gasteiger partial charge in [-0.25, -0.2) is 24.0 Å². The van der Waals surface area contributed by atoms with Gasteiger partial charge >= 0.3 is 29.8 Å². The lowest BCUT2D eigenvalue weighted by atomic mass is 10.1. The molecule has 0 fully saturated rings. The van der Waals surface area contributed by atoms with Gasteiger partial charge in [-0.05, 0) is 116 Å². The Morgan fingerprint density at radius 2 is 1.09 bits per heavy atom. The van der Waals surface area contributed by atoms with Crippen LogP contribution in [0.1, 0.15) is 43.1 Å². The molecule has 11 heteroatoms. The summed E-state index contributed by atoms with van der Waals surface area (Å²) in [6.45, 7) is 15.7. The average Bonchev–Trinajstić information content (AvgIpc) is 3.15. The van der Waals surface area contributed by atoms with Crippen LogP contribution in [0.4, 0.5) is 0 Å². The van der Waals surface area contributed by atoms with Gasteiger partial charge < -0.3 is 28.4 Å². The van der Waals surface area contributed by atoms with Gasteiger partial charge in [0.1, 0.15) is 23.0 Å². The summed E-state index contributed by atoms with van der Waals surface area (Å²) in [5.74, 6) is -1.73. The van der Waals surface area contributed by atoms with Crippen LogP contribution >= 0.6 is 0 Å². The van der Waals surface area contributed by atoms with E-state index in [0.717, 1.165) is 16.3 Å². The minimum absolute atomic E-state index is 0.0420. The molecule has 0 aliphatic rings. The highest BCUT2D eigenvalue weighted by Crippen LogP contribution is 2.24. The van der Waals surface area contributed by atoms with Gasteiger partial charge in [-0.1, -0.05) is 37.9 Å². The molecule has 0 amide bonds. The number of carbonyl (C=O) groups excluding carboxylic acids is 5. The molecule has 0 heterocycles. The number of fused-ring (bicyclic) bond motifs is 1. The van der Waals surface area contributed by atoms with Crippen molar-refractivity contribution in [2.45, 2.75) is 27.2 Å². The molecule has 0 aromatic heterocycles. The van der Waals surface area contributed by atoms with Crippen molar-refractivity contribution in [3.05, 3.63) is 139 Å². The SMILES string of the molecule is C=C(C)C(=O)OCC(CCOc1ccc2cc(/C=C/C(=O)Oc3ccc(OC(=O)c4ccc(OC(=O)C(=C)C)cc4)cc3)ccc2c1)COC(=O)C(=C)C. The number of esters is 5. The van der Waals surface area contributed by atoms with Gasteiger partial charge in [-0.3, -0.25) is 0 Å². The lowest BCUT2D eigenvalue weighted by molar-refractivity contribution is -0.144. The minimum atomic E-state index is -0.621. The van der Waals surface area contributed by atoms with E-state index in [9.17, 15) is 24.0 Å². The number of benzene rings is 4. The maximum atomic E-state index is 12.5. The Hall–Kier alpha value is -6.75. The van der Waals surface area contributed by atoms with E-state index in [1.165, 1.54) is 61.5 Å². The molecule has 0 saturated heterocycles. The molecule has 0 atom stereocenters. The van der Waals surface area contributed by atoms with Crippen molar-refractivity contribution in [2.24, 2.45) is 5.92 Å². The number of hydrogen-bond donors (Lipinski definition) is 0. The lowest BCUT2D eigenvalue weighted by Crippen LogP contribution is -2.23. The molecule has 0 N–H and O–H groups in total. The van der Waals surface area contributed by atoms with Gasteiger partial charge in [0, 0.05) is 28.7 Å². The van der Waals surface area contributed by atoms with Crippen molar-refractivity contribution < 1.29 is 52.4 Å². The van der Waals surface area contributed by atoms with Crippen molar-refractivity contribution in [3.8, 4) is 23.0 Å². The van der Waals surface area contributed by atoms with Gasteiger partial charge in [0.05, 0.1) is 25.4 Å². The number of hydrogen-bond acceptors (Lipinski definition) is 11. The third kappa shape index (κ3) is 12.5. The fourth-order valence-corrected chi connectivity index (χ4v) is 4.54. The van der Waals surface area contributed by atoms with E-state index in [1.54, 1.807) is 19.9 Å². The van der Waals surface area contributed by atoms with Crippen LogP contribution in [0, 0.1) is 5.92 Å². The smallest absolute Gasteiger partial charge is 0.343 e. The normalized spacial score (nSPS) is 10.7. The third-order valence-corrected chi connectivity index (χ3v) is 7.54. The van der Waals surface area contributed by atoms with Gasteiger partial charge in [-0.15, -0.1) is 0 Å². The van der Waals surface area contributed by atoms with E-state index >= 15 is 0 Å². The predicted octanol–water partition coefficient (Wildman–Crippen LogP) is 7.78. The largest absolute Gasteiger partial charge is 0.494 e. The van der Waals surface area contributed by atoms with Crippen LogP contribution in [0.25, 0.3) is 16.8 Å². The summed E-state index contributed by atoms with van der Waals surface area (Å²) in [6.07, 6.45) is 3.40. The molecule has 11 nitrogen and oxygen atoms in total. The van der Waals surface area contributed by atoms with Gasteiger partial charge in [0.25, 0.3) is 0 Å². The van der Waals surface area contributed by atoms with Gasteiger partial charge in [0.2, 0.25) is 0 Å². The second kappa shape index (κ2) is 19.2. The van der Waals surface area contributed by atoms with Crippen LogP contribution in [-0.4, -0.2) is 49.7 Å². The molecule has 4 aromatic carbocycles. The molecule has 0 aliphatic heterocycles. The Morgan fingerprint density at radius 1 is 0.593 bits per heavy atom. The van der Waals surface area contributed by atoms with Crippen molar-refractivity contribution in [1.29, 1.82) is 0 Å². The highest BCUT2D eigenvalue weighted by Gasteiger charge is 2.17. The molecule has 0 bridgehead atoms. The molecule has 0 unspecified atom stereocenters. The lowest BCUT2D eigenvalue weighted by Gasteiger charge is -2.18. The molecule has 0 aliphatic carbocycles. The summed E-state index contributed by atoms with van der Waals surface area (Å²) < 4.78 is 32.4. The molecule has 4 rings (SSSR count). The van der Waals surface area contributed by atoms with E-state index in [0.29, 0.717) is 12.2 Å². The van der Waals surface area contributed by atoms with Crippen LogP contribution in [0.15, 0.2) is 127 Å². The second-order valence-corrected chi connectivity index (χ2v) is 12.3. The summed E-state index contributed by atoms with van der Waals surface area (Å²) in [6, 6.07) is 23.1. The molecule has 0 radical (unpaired) electrons. The Kier molecular flexibility index (Phi) is 14.2. The Morgan fingerprint density at radius 3 is 1.69 bits per heavy atom. The van der Waals surface area contributed by atoms with Crippen LogP contribution in [0.5, 0.6) is 23.0 Å². The van der Waals surface area contributed by atoms with Gasteiger partial charge in [0.15, 0.2) is 0 Å². The first-order valence-corrected chi connectivity index (χ1v) is 16.8. The van der Waals surface area contributed by atoms with Crippen LogP contribution in [0.2, 0.25) is 0 Å². The molecular weight excluding hydrogens is 692 g/mol. The number of ether oxygens (including phenoxy) is 6. The fourth-order valence-electron chi connectivity index (χ4n) is 4.54. The quantitative estimate of drug-likeness (QED) is 0.0597. The maximum absolute atomic E-state index is 12.5. The molecule has 54 heavy (non-hydrogen) atoms. The monoisotopic (exact) mass is 732 g/mol. The molecule has 4 aromatic rings. The van der Waals surface area contributed by atoms with E-state index in [1.807, 2.05) is 36.4 Å². The Bertz CT molecular complexity index is 2060.